The highest BCUT2D eigenvalue weighted by atomic mass is 32.2. The van der Waals surface area contributed by atoms with Crippen molar-refractivity contribution >= 4 is 27.5 Å². The third-order valence-corrected chi connectivity index (χ3v) is 6.95. The van der Waals surface area contributed by atoms with Crippen molar-refractivity contribution in [2.45, 2.75) is 39.3 Å². The predicted molar refractivity (Wildman–Crippen MR) is 143 cm³/mol. The quantitative estimate of drug-likeness (QED) is 0.370. The van der Waals surface area contributed by atoms with Crippen molar-refractivity contribution < 1.29 is 32.2 Å². The van der Waals surface area contributed by atoms with Crippen LogP contribution in [0.5, 0.6) is 17.2 Å². The molecule has 2 aromatic rings. The fourth-order valence-electron chi connectivity index (χ4n) is 3.67. The highest BCUT2D eigenvalue weighted by Gasteiger charge is 2.31. The molecule has 0 saturated heterocycles. The predicted octanol–water partition coefficient (Wildman–Crippen LogP) is 2.81. The van der Waals surface area contributed by atoms with Crippen LogP contribution in [0.3, 0.4) is 0 Å². The molecule has 2 amide bonds. The van der Waals surface area contributed by atoms with Crippen LogP contribution in [0.15, 0.2) is 42.5 Å². The Morgan fingerprint density at radius 2 is 1.68 bits per heavy atom. The number of nitrogens with one attached hydrogen (secondary N) is 1. The summed E-state index contributed by atoms with van der Waals surface area (Å²) in [6.07, 6.45) is 2.73. The second-order valence-electron chi connectivity index (χ2n) is 8.50. The molecule has 0 bridgehead atoms. The Morgan fingerprint density at radius 3 is 2.27 bits per heavy atom. The lowest BCUT2D eigenvalue weighted by Crippen LogP contribution is -2.51. The summed E-state index contributed by atoms with van der Waals surface area (Å²) in [4.78, 5) is 27.9. The van der Waals surface area contributed by atoms with Crippen LogP contribution in [0.4, 0.5) is 5.69 Å². The molecule has 2 aromatic carbocycles. The third kappa shape index (κ3) is 8.28. The van der Waals surface area contributed by atoms with Crippen LogP contribution in [-0.2, 0) is 26.2 Å². The van der Waals surface area contributed by atoms with Crippen LogP contribution in [0.1, 0.15) is 32.3 Å². The van der Waals surface area contributed by atoms with E-state index in [2.05, 4.69) is 5.32 Å². The normalized spacial score (nSPS) is 11.8. The average Bonchev–Trinajstić information content (AvgIpc) is 2.89. The van der Waals surface area contributed by atoms with E-state index in [1.54, 1.807) is 31.2 Å². The van der Waals surface area contributed by atoms with Crippen molar-refractivity contribution in [3.8, 4) is 17.2 Å². The van der Waals surface area contributed by atoms with Gasteiger partial charge in [0.25, 0.3) is 0 Å². The summed E-state index contributed by atoms with van der Waals surface area (Å²) in [5, 5.41) is 2.85. The molecule has 2 rings (SSSR count). The first kappa shape index (κ1) is 29.8. The van der Waals surface area contributed by atoms with E-state index in [1.165, 1.54) is 38.4 Å². The second-order valence-corrected chi connectivity index (χ2v) is 10.4. The van der Waals surface area contributed by atoms with Crippen LogP contribution in [0, 0.1) is 0 Å². The first-order valence-electron chi connectivity index (χ1n) is 12.0. The van der Waals surface area contributed by atoms with Crippen molar-refractivity contribution in [2.75, 3.05) is 45.0 Å². The van der Waals surface area contributed by atoms with Gasteiger partial charge in [-0.2, -0.15) is 0 Å². The van der Waals surface area contributed by atoms with Crippen molar-refractivity contribution in [3.63, 3.8) is 0 Å². The third-order valence-electron chi connectivity index (χ3n) is 5.82. The molecule has 0 aromatic heterocycles. The first-order chi connectivity index (χ1) is 17.5. The maximum absolute atomic E-state index is 13.7. The van der Waals surface area contributed by atoms with E-state index in [0.29, 0.717) is 18.0 Å². The summed E-state index contributed by atoms with van der Waals surface area (Å²) in [6, 6.07) is 10.9. The molecule has 0 aliphatic carbocycles. The van der Waals surface area contributed by atoms with Gasteiger partial charge in [-0.05, 0) is 43.2 Å². The number of hydrogen-bond acceptors (Lipinski definition) is 7. The molecule has 0 spiro atoms. The van der Waals surface area contributed by atoms with Gasteiger partial charge in [-0.1, -0.05) is 25.5 Å². The summed E-state index contributed by atoms with van der Waals surface area (Å²) in [6.45, 7) is 3.67. The smallest absolute Gasteiger partial charge is 0.244 e. The molecule has 0 unspecified atom stereocenters. The van der Waals surface area contributed by atoms with E-state index >= 15 is 0 Å². The highest BCUT2D eigenvalue weighted by Crippen LogP contribution is 2.33. The molecule has 0 aliphatic rings. The summed E-state index contributed by atoms with van der Waals surface area (Å²) in [5.74, 6) is 0.423. The standard InChI is InChI=1S/C26H37N3O7S/c1-7-8-14-27-26(31)19(2)28(17-20-10-9-11-21(15-20)34-3)25(30)18-29(37(6,32)33)23-13-12-22(35-4)16-24(23)36-5/h9-13,15-16,19H,7-8,14,17-18H2,1-6H3,(H,27,31)/t19-/m1/s1. The molecular formula is C26H37N3O7S. The number of hydrogen-bond donors (Lipinski definition) is 1. The fraction of sp³-hybridized carbons (Fsp3) is 0.462. The number of amides is 2. The Balaban J connectivity index is 2.44. The Hall–Kier alpha value is -3.47. The van der Waals surface area contributed by atoms with Crippen molar-refractivity contribution in [3.05, 3.63) is 48.0 Å². The van der Waals surface area contributed by atoms with Gasteiger partial charge >= 0.3 is 0 Å². The molecular weight excluding hydrogens is 498 g/mol. The summed E-state index contributed by atoms with van der Waals surface area (Å²) in [7, 11) is 0.521. The lowest BCUT2D eigenvalue weighted by molar-refractivity contribution is -0.139. The minimum absolute atomic E-state index is 0.0791. The molecule has 204 valence electrons. The first-order valence-corrected chi connectivity index (χ1v) is 13.8. The van der Waals surface area contributed by atoms with E-state index in [0.717, 1.165) is 29.0 Å². The molecule has 0 saturated carbocycles. The average molecular weight is 536 g/mol. The van der Waals surface area contributed by atoms with E-state index in [9.17, 15) is 18.0 Å². The topological polar surface area (TPSA) is 114 Å². The van der Waals surface area contributed by atoms with Gasteiger partial charge in [0.05, 0.1) is 33.3 Å². The zero-order valence-electron chi connectivity index (χ0n) is 22.3. The van der Waals surface area contributed by atoms with Gasteiger partial charge in [-0.15, -0.1) is 0 Å². The van der Waals surface area contributed by atoms with Crippen LogP contribution in [-0.4, -0.2) is 71.8 Å². The highest BCUT2D eigenvalue weighted by molar-refractivity contribution is 7.92. The number of methoxy groups -OCH3 is 3. The molecule has 10 nitrogen and oxygen atoms in total. The van der Waals surface area contributed by atoms with Crippen LogP contribution >= 0.6 is 0 Å². The monoisotopic (exact) mass is 535 g/mol. The maximum atomic E-state index is 13.7. The zero-order valence-corrected chi connectivity index (χ0v) is 23.1. The SMILES string of the molecule is CCCCNC(=O)[C@@H](C)N(Cc1cccc(OC)c1)C(=O)CN(c1ccc(OC)cc1OC)S(C)(=O)=O. The molecule has 1 N–H and O–H groups in total. The molecule has 1 atom stereocenters. The van der Waals surface area contributed by atoms with Crippen molar-refractivity contribution in [1.82, 2.24) is 10.2 Å². The van der Waals surface area contributed by atoms with E-state index in [4.69, 9.17) is 14.2 Å². The van der Waals surface area contributed by atoms with Gasteiger partial charge in [0.1, 0.15) is 29.8 Å². The van der Waals surface area contributed by atoms with E-state index in [-0.39, 0.29) is 23.9 Å². The Kier molecular flexibility index (Phi) is 11.0. The summed E-state index contributed by atoms with van der Waals surface area (Å²) >= 11 is 0. The lowest BCUT2D eigenvalue weighted by Gasteiger charge is -2.32. The van der Waals surface area contributed by atoms with Gasteiger partial charge in [0.2, 0.25) is 21.8 Å². The van der Waals surface area contributed by atoms with Crippen molar-refractivity contribution in [2.24, 2.45) is 0 Å². The number of carbonyl (C=O) groups is 2. The second kappa shape index (κ2) is 13.7. The van der Waals surface area contributed by atoms with E-state index < -0.39 is 28.5 Å². The number of unbranched alkanes of at least 4 members (excludes halogenated alkanes) is 1. The minimum atomic E-state index is -3.90. The molecule has 0 heterocycles. The summed E-state index contributed by atoms with van der Waals surface area (Å²) < 4.78 is 42.4. The van der Waals surface area contributed by atoms with E-state index in [1.807, 2.05) is 13.0 Å². The molecule has 0 fully saturated rings. The number of benzene rings is 2. The number of sulfonamides is 1. The number of rotatable bonds is 14. The Bertz CT molecular complexity index is 1170. The molecule has 11 heteroatoms. The molecule has 0 radical (unpaired) electrons. The van der Waals surface area contributed by atoms with Gasteiger partial charge in [-0.3, -0.25) is 13.9 Å². The minimum Gasteiger partial charge on any atom is -0.497 e. The lowest BCUT2D eigenvalue weighted by atomic mass is 10.1. The van der Waals surface area contributed by atoms with Gasteiger partial charge in [0, 0.05) is 19.2 Å². The van der Waals surface area contributed by atoms with Crippen LogP contribution < -0.4 is 23.8 Å². The molecule has 0 aliphatic heterocycles. The zero-order chi connectivity index (χ0) is 27.6. The fourth-order valence-corrected chi connectivity index (χ4v) is 4.53. The van der Waals surface area contributed by atoms with Crippen LogP contribution in [0.25, 0.3) is 0 Å². The number of ether oxygens (including phenoxy) is 3. The Labute approximate surface area is 219 Å². The van der Waals surface area contributed by atoms with Gasteiger partial charge < -0.3 is 24.4 Å². The Morgan fingerprint density at radius 1 is 1.00 bits per heavy atom. The van der Waals surface area contributed by atoms with Gasteiger partial charge in [0.15, 0.2) is 0 Å². The number of carbonyl (C=O) groups excluding carboxylic acids is 2. The maximum Gasteiger partial charge on any atom is 0.244 e. The number of nitrogens with zero attached hydrogens (tertiary/aromatic N) is 2. The molecule has 37 heavy (non-hydrogen) atoms. The number of anilines is 1. The van der Waals surface area contributed by atoms with Crippen molar-refractivity contribution in [1.29, 1.82) is 0 Å². The summed E-state index contributed by atoms with van der Waals surface area (Å²) in [5.41, 5.74) is 0.911. The van der Waals surface area contributed by atoms with Crippen LogP contribution in [0.2, 0.25) is 0 Å². The largest absolute Gasteiger partial charge is 0.497 e. The van der Waals surface area contributed by atoms with Gasteiger partial charge in [-0.25, -0.2) is 8.42 Å².